The van der Waals surface area contributed by atoms with Gasteiger partial charge in [-0.05, 0) is 12.0 Å². The van der Waals surface area contributed by atoms with Gasteiger partial charge < -0.3 is 0 Å². The summed E-state index contributed by atoms with van der Waals surface area (Å²) < 4.78 is 21.9. The summed E-state index contributed by atoms with van der Waals surface area (Å²) in [6, 6.07) is 9.62. The fraction of sp³-hybridized carbons (Fsp3) is 0.333. The highest BCUT2D eigenvalue weighted by molar-refractivity contribution is 7.90. The van der Waals surface area contributed by atoms with Crippen molar-refractivity contribution in [3.05, 3.63) is 35.9 Å². The molecule has 3 nitrogen and oxygen atoms in total. The van der Waals surface area contributed by atoms with Gasteiger partial charge in [-0.15, -0.1) is 0 Å². The van der Waals surface area contributed by atoms with Crippen LogP contribution in [-0.2, 0) is 10.0 Å². The summed E-state index contributed by atoms with van der Waals surface area (Å²) in [6.45, 7) is 0. The lowest BCUT2D eigenvalue weighted by atomic mass is 10.1. The standard InChI is InChI=1S/C9H11NO2S/c10-13(11,12)9-6-8(9)7-4-2-1-3-5-7/h1-5,8-9H,6H2,(H2,10,11,12)/t8-,9+/m1/s1. The minimum atomic E-state index is -3.33. The highest BCUT2D eigenvalue weighted by Crippen LogP contribution is 2.44. The molecule has 2 rings (SSSR count). The lowest BCUT2D eigenvalue weighted by molar-refractivity contribution is 0.595. The van der Waals surface area contributed by atoms with Crippen LogP contribution in [0.3, 0.4) is 0 Å². The molecular weight excluding hydrogens is 186 g/mol. The Morgan fingerprint density at radius 1 is 1.23 bits per heavy atom. The molecule has 1 aromatic rings. The third kappa shape index (κ3) is 1.73. The number of hydrogen-bond acceptors (Lipinski definition) is 2. The van der Waals surface area contributed by atoms with Gasteiger partial charge >= 0.3 is 0 Å². The first-order chi connectivity index (χ1) is 6.09. The van der Waals surface area contributed by atoms with Crippen molar-refractivity contribution >= 4 is 10.0 Å². The minimum absolute atomic E-state index is 0.121. The van der Waals surface area contributed by atoms with Gasteiger partial charge in [-0.2, -0.15) is 0 Å². The molecule has 1 aromatic carbocycles. The molecule has 4 heteroatoms. The van der Waals surface area contributed by atoms with E-state index >= 15 is 0 Å². The summed E-state index contributed by atoms with van der Waals surface area (Å²) in [7, 11) is -3.33. The predicted octanol–water partition coefficient (Wildman–Crippen LogP) is 0.831. The summed E-state index contributed by atoms with van der Waals surface area (Å²) in [5, 5.41) is 4.69. The zero-order chi connectivity index (χ0) is 9.47. The van der Waals surface area contributed by atoms with E-state index in [4.69, 9.17) is 5.14 Å². The van der Waals surface area contributed by atoms with Crippen molar-refractivity contribution in [2.45, 2.75) is 17.6 Å². The molecule has 0 saturated heterocycles. The Labute approximate surface area is 77.6 Å². The maximum absolute atomic E-state index is 11.0. The van der Waals surface area contributed by atoms with Crippen molar-refractivity contribution in [2.75, 3.05) is 0 Å². The molecule has 0 aromatic heterocycles. The lowest BCUT2D eigenvalue weighted by Crippen LogP contribution is -2.18. The molecule has 1 aliphatic carbocycles. The first-order valence-electron chi connectivity index (χ1n) is 4.15. The van der Waals surface area contributed by atoms with E-state index in [0.29, 0.717) is 6.42 Å². The van der Waals surface area contributed by atoms with Gasteiger partial charge in [-0.3, -0.25) is 0 Å². The summed E-state index contributed by atoms with van der Waals surface area (Å²) in [6.07, 6.45) is 0.669. The van der Waals surface area contributed by atoms with Gasteiger partial charge in [0.1, 0.15) is 0 Å². The van der Waals surface area contributed by atoms with Crippen LogP contribution in [0.1, 0.15) is 17.9 Å². The normalized spacial score (nSPS) is 27.2. The number of hydrogen-bond donors (Lipinski definition) is 1. The first kappa shape index (κ1) is 8.72. The molecule has 0 unspecified atom stereocenters. The number of benzene rings is 1. The van der Waals surface area contributed by atoms with Crippen LogP contribution in [0.5, 0.6) is 0 Å². The van der Waals surface area contributed by atoms with Crippen molar-refractivity contribution in [1.29, 1.82) is 0 Å². The maximum Gasteiger partial charge on any atom is 0.212 e. The predicted molar refractivity (Wildman–Crippen MR) is 50.7 cm³/mol. The molecule has 1 aliphatic rings. The topological polar surface area (TPSA) is 60.2 Å². The second-order valence-electron chi connectivity index (χ2n) is 3.38. The number of sulfonamides is 1. The van der Waals surface area contributed by atoms with E-state index in [-0.39, 0.29) is 11.2 Å². The summed E-state index contributed by atoms with van der Waals surface area (Å²) >= 11 is 0. The Hall–Kier alpha value is -0.870. The largest absolute Gasteiger partial charge is 0.228 e. The van der Waals surface area contributed by atoms with Crippen LogP contribution in [-0.4, -0.2) is 13.7 Å². The summed E-state index contributed by atoms with van der Waals surface area (Å²) in [5.74, 6) is 0.121. The average molecular weight is 197 g/mol. The van der Waals surface area contributed by atoms with E-state index in [1.54, 1.807) is 0 Å². The van der Waals surface area contributed by atoms with Crippen LogP contribution in [0.2, 0.25) is 0 Å². The van der Waals surface area contributed by atoms with E-state index in [2.05, 4.69) is 0 Å². The molecule has 2 atom stereocenters. The monoisotopic (exact) mass is 197 g/mol. The van der Waals surface area contributed by atoms with E-state index in [1.807, 2.05) is 30.3 Å². The lowest BCUT2D eigenvalue weighted by Gasteiger charge is -1.97. The Kier molecular flexibility index (Phi) is 1.89. The van der Waals surface area contributed by atoms with Crippen molar-refractivity contribution in [1.82, 2.24) is 0 Å². The SMILES string of the molecule is NS(=O)(=O)[C@H]1C[C@@H]1c1ccccc1. The Morgan fingerprint density at radius 2 is 1.85 bits per heavy atom. The highest BCUT2D eigenvalue weighted by Gasteiger charge is 2.46. The second kappa shape index (κ2) is 2.82. The molecule has 0 heterocycles. The van der Waals surface area contributed by atoms with Crippen LogP contribution in [0, 0.1) is 0 Å². The first-order valence-corrected chi connectivity index (χ1v) is 5.76. The van der Waals surface area contributed by atoms with E-state index in [1.165, 1.54) is 0 Å². The van der Waals surface area contributed by atoms with Gasteiger partial charge in [-0.1, -0.05) is 30.3 Å². The van der Waals surface area contributed by atoms with Crippen molar-refractivity contribution < 1.29 is 8.42 Å². The Morgan fingerprint density at radius 3 is 2.31 bits per heavy atom. The van der Waals surface area contributed by atoms with Crippen molar-refractivity contribution in [3.8, 4) is 0 Å². The van der Waals surface area contributed by atoms with Crippen molar-refractivity contribution in [2.24, 2.45) is 5.14 Å². The summed E-state index contributed by atoms with van der Waals surface area (Å²) in [4.78, 5) is 0. The van der Waals surface area contributed by atoms with Crippen LogP contribution in [0.15, 0.2) is 30.3 Å². The number of rotatable bonds is 2. The summed E-state index contributed by atoms with van der Waals surface area (Å²) in [5.41, 5.74) is 1.07. The molecule has 0 amide bonds. The van der Waals surface area contributed by atoms with Crippen LogP contribution in [0.4, 0.5) is 0 Å². The third-order valence-corrected chi connectivity index (χ3v) is 3.75. The zero-order valence-corrected chi connectivity index (χ0v) is 7.87. The smallest absolute Gasteiger partial charge is 0.212 e. The third-order valence-electron chi connectivity index (χ3n) is 2.38. The molecule has 0 bridgehead atoms. The fourth-order valence-corrected chi connectivity index (χ4v) is 2.68. The van der Waals surface area contributed by atoms with Crippen molar-refractivity contribution in [3.63, 3.8) is 0 Å². The fourth-order valence-electron chi connectivity index (χ4n) is 1.59. The van der Waals surface area contributed by atoms with E-state index in [0.717, 1.165) is 5.56 Å². The number of nitrogens with two attached hydrogens (primary N) is 1. The van der Waals surface area contributed by atoms with Crippen LogP contribution in [0.25, 0.3) is 0 Å². The number of primary sulfonamides is 1. The molecule has 1 saturated carbocycles. The molecular formula is C9H11NO2S. The quantitative estimate of drug-likeness (QED) is 0.763. The molecule has 0 aliphatic heterocycles. The van der Waals surface area contributed by atoms with Gasteiger partial charge in [0.2, 0.25) is 10.0 Å². The molecule has 1 fully saturated rings. The van der Waals surface area contributed by atoms with Crippen LogP contribution < -0.4 is 5.14 Å². The van der Waals surface area contributed by atoms with E-state index < -0.39 is 10.0 Å². The average Bonchev–Trinajstić information content (AvgIpc) is 2.83. The van der Waals surface area contributed by atoms with Gasteiger partial charge in [0.25, 0.3) is 0 Å². The Bertz CT molecular complexity index is 399. The van der Waals surface area contributed by atoms with Gasteiger partial charge in [0.05, 0.1) is 5.25 Å². The molecule has 0 spiro atoms. The second-order valence-corrected chi connectivity index (χ2v) is 5.16. The Balaban J connectivity index is 2.18. The zero-order valence-electron chi connectivity index (χ0n) is 7.05. The molecule has 70 valence electrons. The van der Waals surface area contributed by atoms with Gasteiger partial charge in [0, 0.05) is 5.92 Å². The highest BCUT2D eigenvalue weighted by atomic mass is 32.2. The van der Waals surface area contributed by atoms with E-state index in [9.17, 15) is 8.42 Å². The van der Waals surface area contributed by atoms with Gasteiger partial charge in [-0.25, -0.2) is 13.6 Å². The molecule has 0 radical (unpaired) electrons. The maximum atomic E-state index is 11.0. The minimum Gasteiger partial charge on any atom is -0.228 e. The molecule has 13 heavy (non-hydrogen) atoms. The molecule has 2 N–H and O–H groups in total. The van der Waals surface area contributed by atoms with Gasteiger partial charge in [0.15, 0.2) is 0 Å². The van der Waals surface area contributed by atoms with Crippen LogP contribution >= 0.6 is 0 Å².